The molecule has 2 N–H and O–H groups in total. The molecule has 2 aromatic carbocycles. The van der Waals surface area contributed by atoms with Gasteiger partial charge in [0.1, 0.15) is 6.61 Å². The lowest BCUT2D eigenvalue weighted by atomic mass is 9.98. The van der Waals surface area contributed by atoms with Gasteiger partial charge in [-0.05, 0) is 47.4 Å². The Labute approximate surface area is 203 Å². The van der Waals surface area contributed by atoms with E-state index in [1.165, 1.54) is 22.3 Å². The summed E-state index contributed by atoms with van der Waals surface area (Å²) in [5, 5.41) is 12.2. The standard InChI is InChI=1S/C27H28N2O6/c30-24(31)23-14-29(9-10-34-23)25(32)27-12-16(27)11-17(13-27)28-26(33)35-15-22-20-7-3-1-5-18(20)19-6-2-4-8-21(19)22/h1-8,16-17,22-23H,9-15H2,(H,28,33)(H,30,31). The Bertz CT molecular complexity index is 1150. The molecule has 1 saturated heterocycles. The molecule has 2 aromatic rings. The zero-order chi connectivity index (χ0) is 24.2. The fourth-order valence-electron chi connectivity index (χ4n) is 6.37. The third-order valence-electron chi connectivity index (χ3n) is 8.13. The van der Waals surface area contributed by atoms with Crippen molar-refractivity contribution in [3.05, 3.63) is 59.7 Å². The van der Waals surface area contributed by atoms with Crippen molar-refractivity contribution in [2.45, 2.75) is 37.3 Å². The second-order valence-corrected chi connectivity index (χ2v) is 10.1. The van der Waals surface area contributed by atoms with Crippen LogP contribution in [0.15, 0.2) is 48.5 Å². The number of carboxylic acids is 1. The maximum Gasteiger partial charge on any atom is 0.407 e. The van der Waals surface area contributed by atoms with Crippen LogP contribution in [0.2, 0.25) is 0 Å². The fraction of sp³-hybridized carbons (Fsp3) is 0.444. The van der Waals surface area contributed by atoms with E-state index in [-0.39, 0.29) is 43.5 Å². The molecule has 0 radical (unpaired) electrons. The minimum absolute atomic E-state index is 0.00144. The first-order valence-electron chi connectivity index (χ1n) is 12.2. The molecule has 0 bridgehead atoms. The van der Waals surface area contributed by atoms with Gasteiger partial charge in [-0.2, -0.15) is 0 Å². The van der Waals surface area contributed by atoms with E-state index in [4.69, 9.17) is 9.47 Å². The molecule has 4 unspecified atom stereocenters. The monoisotopic (exact) mass is 476 g/mol. The number of rotatable bonds is 5. The molecule has 0 spiro atoms. The summed E-state index contributed by atoms with van der Waals surface area (Å²) in [4.78, 5) is 38.8. The fourth-order valence-corrected chi connectivity index (χ4v) is 6.37. The van der Waals surface area contributed by atoms with E-state index in [1.807, 2.05) is 24.3 Å². The van der Waals surface area contributed by atoms with Crippen LogP contribution in [0.1, 0.15) is 36.3 Å². The number of carbonyl (C=O) groups excluding carboxylic acids is 2. The molecule has 2 saturated carbocycles. The van der Waals surface area contributed by atoms with Gasteiger partial charge in [0.25, 0.3) is 0 Å². The molecule has 6 rings (SSSR count). The number of hydrogen-bond donors (Lipinski definition) is 2. The zero-order valence-electron chi connectivity index (χ0n) is 19.3. The summed E-state index contributed by atoms with van der Waals surface area (Å²) in [6, 6.07) is 16.3. The molecule has 3 fully saturated rings. The van der Waals surface area contributed by atoms with E-state index >= 15 is 0 Å². The van der Waals surface area contributed by atoms with Crippen molar-refractivity contribution in [2.24, 2.45) is 11.3 Å². The highest BCUT2D eigenvalue weighted by atomic mass is 16.5. The van der Waals surface area contributed by atoms with E-state index in [2.05, 4.69) is 29.6 Å². The van der Waals surface area contributed by atoms with Crippen molar-refractivity contribution in [1.82, 2.24) is 10.2 Å². The Morgan fingerprint density at radius 2 is 1.74 bits per heavy atom. The van der Waals surface area contributed by atoms with Crippen molar-refractivity contribution < 1.29 is 29.0 Å². The number of nitrogens with one attached hydrogen (secondary N) is 1. The van der Waals surface area contributed by atoms with Gasteiger partial charge < -0.3 is 24.8 Å². The summed E-state index contributed by atoms with van der Waals surface area (Å²) in [7, 11) is 0. The molecule has 2 amide bonds. The quantitative estimate of drug-likeness (QED) is 0.688. The van der Waals surface area contributed by atoms with Crippen LogP contribution in [-0.4, -0.2) is 66.4 Å². The Morgan fingerprint density at radius 1 is 1.06 bits per heavy atom. The Hall–Kier alpha value is -3.39. The van der Waals surface area contributed by atoms with Crippen LogP contribution in [0.3, 0.4) is 0 Å². The smallest absolute Gasteiger partial charge is 0.407 e. The molecule has 0 aromatic heterocycles. The number of ether oxygens (including phenoxy) is 2. The number of carbonyl (C=O) groups is 3. The van der Waals surface area contributed by atoms with Crippen molar-refractivity contribution in [2.75, 3.05) is 26.3 Å². The predicted molar refractivity (Wildman–Crippen MR) is 126 cm³/mol. The van der Waals surface area contributed by atoms with E-state index in [9.17, 15) is 19.5 Å². The third-order valence-corrected chi connectivity index (χ3v) is 8.13. The number of fused-ring (bicyclic) bond motifs is 4. The largest absolute Gasteiger partial charge is 0.479 e. The molecular weight excluding hydrogens is 448 g/mol. The first kappa shape index (κ1) is 22.1. The molecule has 8 heteroatoms. The van der Waals surface area contributed by atoms with E-state index in [0.29, 0.717) is 13.0 Å². The summed E-state index contributed by atoms with van der Waals surface area (Å²) in [6.45, 7) is 0.962. The Balaban J connectivity index is 1.06. The first-order chi connectivity index (χ1) is 17.0. The summed E-state index contributed by atoms with van der Waals surface area (Å²) in [6.07, 6.45) is 0.665. The SMILES string of the molecule is O=C(NC1CC2CC2(C(=O)N2CCOC(C(=O)O)C2)C1)OCC1c2ccccc2-c2ccccc21. The molecule has 4 aliphatic rings. The lowest BCUT2D eigenvalue weighted by Crippen LogP contribution is -2.51. The maximum absolute atomic E-state index is 13.2. The maximum atomic E-state index is 13.2. The summed E-state index contributed by atoms with van der Waals surface area (Å²) < 4.78 is 10.9. The molecule has 8 nitrogen and oxygen atoms in total. The number of hydrogen-bond acceptors (Lipinski definition) is 5. The minimum Gasteiger partial charge on any atom is -0.479 e. The van der Waals surface area contributed by atoms with Gasteiger partial charge in [-0.3, -0.25) is 4.79 Å². The lowest BCUT2D eigenvalue weighted by molar-refractivity contribution is -0.161. The molecule has 1 heterocycles. The van der Waals surface area contributed by atoms with Gasteiger partial charge in [0.15, 0.2) is 6.10 Å². The summed E-state index contributed by atoms with van der Waals surface area (Å²) >= 11 is 0. The lowest BCUT2D eigenvalue weighted by Gasteiger charge is -2.33. The Morgan fingerprint density at radius 3 is 2.43 bits per heavy atom. The first-order valence-corrected chi connectivity index (χ1v) is 12.2. The third kappa shape index (κ3) is 3.76. The van der Waals surface area contributed by atoms with Crippen LogP contribution in [-0.2, 0) is 19.1 Å². The highest BCUT2D eigenvalue weighted by Gasteiger charge is 2.66. The van der Waals surface area contributed by atoms with Crippen LogP contribution in [0.5, 0.6) is 0 Å². The van der Waals surface area contributed by atoms with E-state index in [1.54, 1.807) is 4.90 Å². The van der Waals surface area contributed by atoms with Crippen LogP contribution >= 0.6 is 0 Å². The average Bonchev–Trinajstić information content (AvgIpc) is 3.30. The number of carboxylic acid groups (broad SMARTS) is 1. The van der Waals surface area contributed by atoms with Gasteiger partial charge in [0, 0.05) is 18.5 Å². The highest BCUT2D eigenvalue weighted by molar-refractivity contribution is 5.88. The van der Waals surface area contributed by atoms with Gasteiger partial charge >= 0.3 is 12.1 Å². The van der Waals surface area contributed by atoms with Crippen molar-refractivity contribution >= 4 is 18.0 Å². The van der Waals surface area contributed by atoms with Gasteiger partial charge in [-0.1, -0.05) is 48.5 Å². The van der Waals surface area contributed by atoms with Crippen LogP contribution in [0.4, 0.5) is 4.79 Å². The molecule has 3 aliphatic carbocycles. The van der Waals surface area contributed by atoms with Crippen molar-refractivity contribution in [1.29, 1.82) is 0 Å². The zero-order valence-corrected chi connectivity index (χ0v) is 19.3. The van der Waals surface area contributed by atoms with Gasteiger partial charge in [0.2, 0.25) is 5.91 Å². The number of amides is 2. The normalized spacial score (nSPS) is 28.6. The number of alkyl carbamates (subject to hydrolysis) is 1. The van der Waals surface area contributed by atoms with E-state index < -0.39 is 23.6 Å². The van der Waals surface area contributed by atoms with Crippen LogP contribution in [0, 0.1) is 11.3 Å². The van der Waals surface area contributed by atoms with Gasteiger partial charge in [-0.15, -0.1) is 0 Å². The number of morpholine rings is 1. The second kappa shape index (κ2) is 8.37. The van der Waals surface area contributed by atoms with E-state index in [0.717, 1.165) is 12.8 Å². The topological polar surface area (TPSA) is 105 Å². The molecule has 4 atom stereocenters. The predicted octanol–water partition coefficient (Wildman–Crippen LogP) is 3.01. The molecule has 1 aliphatic heterocycles. The van der Waals surface area contributed by atoms with Crippen molar-refractivity contribution in [3.63, 3.8) is 0 Å². The molecular formula is C27H28N2O6. The number of nitrogens with zero attached hydrogens (tertiary/aromatic N) is 1. The van der Waals surface area contributed by atoms with Crippen LogP contribution in [0.25, 0.3) is 11.1 Å². The minimum atomic E-state index is -1.05. The molecule has 35 heavy (non-hydrogen) atoms. The Kier molecular flexibility index (Phi) is 5.29. The van der Waals surface area contributed by atoms with Crippen LogP contribution < -0.4 is 5.32 Å². The highest BCUT2D eigenvalue weighted by Crippen LogP contribution is 2.64. The van der Waals surface area contributed by atoms with Gasteiger partial charge in [-0.25, -0.2) is 9.59 Å². The number of aliphatic carboxylic acids is 1. The molecule has 182 valence electrons. The van der Waals surface area contributed by atoms with Crippen molar-refractivity contribution in [3.8, 4) is 11.1 Å². The average molecular weight is 477 g/mol. The summed E-state index contributed by atoms with van der Waals surface area (Å²) in [5.74, 6) is -0.830. The van der Waals surface area contributed by atoms with Gasteiger partial charge in [0.05, 0.1) is 18.6 Å². The number of benzene rings is 2. The summed E-state index contributed by atoms with van der Waals surface area (Å²) in [5.41, 5.74) is 4.21. The second-order valence-electron chi connectivity index (χ2n) is 10.1.